The monoisotopic (exact) mass is 363 g/mol. The summed E-state index contributed by atoms with van der Waals surface area (Å²) >= 11 is 0. The van der Waals surface area contributed by atoms with Crippen LogP contribution in [-0.2, 0) is 11.2 Å². The first kappa shape index (κ1) is 17.2. The molecule has 1 aliphatic heterocycles. The van der Waals surface area contributed by atoms with Gasteiger partial charge in [0.25, 0.3) is 0 Å². The summed E-state index contributed by atoms with van der Waals surface area (Å²) in [6.07, 6.45) is 0.743. The van der Waals surface area contributed by atoms with Gasteiger partial charge in [-0.05, 0) is 24.3 Å². The third-order valence-electron chi connectivity index (χ3n) is 4.41. The molecule has 4 rings (SSSR count). The first-order valence-electron chi connectivity index (χ1n) is 9.07. The van der Waals surface area contributed by atoms with E-state index in [4.69, 9.17) is 13.9 Å². The zero-order chi connectivity index (χ0) is 18.5. The van der Waals surface area contributed by atoms with Gasteiger partial charge in [0, 0.05) is 18.4 Å². The molecule has 0 radical (unpaired) electrons. The average Bonchev–Trinajstić information content (AvgIpc) is 3.20. The molecule has 1 aliphatic rings. The molecule has 138 valence electrons. The molecule has 0 saturated heterocycles. The van der Waals surface area contributed by atoms with Crippen molar-refractivity contribution in [1.29, 1.82) is 0 Å². The predicted octanol–water partition coefficient (Wildman–Crippen LogP) is 3.84. The van der Waals surface area contributed by atoms with Crippen LogP contribution in [0.4, 0.5) is 0 Å². The van der Waals surface area contributed by atoms with Crippen LogP contribution < -0.4 is 14.8 Å². The maximum Gasteiger partial charge on any atom is 0.220 e. The van der Waals surface area contributed by atoms with Crippen LogP contribution in [0.2, 0.25) is 0 Å². The number of nitrogens with one attached hydrogen (secondary N) is 1. The molecule has 0 fully saturated rings. The molecule has 1 aromatic heterocycles. The number of carbonyl (C=O) groups excluding carboxylic acids is 1. The van der Waals surface area contributed by atoms with E-state index in [9.17, 15) is 4.79 Å². The number of rotatable bonds is 6. The fraction of sp³-hybridized carbons (Fsp3) is 0.227. The van der Waals surface area contributed by atoms with Crippen LogP contribution in [0.3, 0.4) is 0 Å². The third kappa shape index (κ3) is 4.31. The zero-order valence-electron chi connectivity index (χ0n) is 14.9. The van der Waals surface area contributed by atoms with E-state index in [1.54, 1.807) is 0 Å². The number of ether oxygens (including phenoxy) is 2. The maximum atomic E-state index is 12.1. The number of furan rings is 1. The Morgan fingerprint density at radius 3 is 2.59 bits per heavy atom. The molecule has 1 amide bonds. The molecular weight excluding hydrogens is 342 g/mol. The molecule has 0 bridgehead atoms. The van der Waals surface area contributed by atoms with Crippen molar-refractivity contribution < 1.29 is 18.7 Å². The average molecular weight is 363 g/mol. The number of para-hydroxylation sites is 2. The number of benzene rings is 2. The van der Waals surface area contributed by atoms with Gasteiger partial charge in [-0.1, -0.05) is 42.5 Å². The Labute approximate surface area is 157 Å². The number of hydrogen-bond acceptors (Lipinski definition) is 4. The van der Waals surface area contributed by atoms with Gasteiger partial charge < -0.3 is 19.2 Å². The van der Waals surface area contributed by atoms with E-state index in [1.807, 2.05) is 66.7 Å². The SMILES string of the molecule is O=C(CCc1ccc(-c2ccccc2)o1)NCC1COc2ccccc2O1. The highest BCUT2D eigenvalue weighted by atomic mass is 16.6. The third-order valence-corrected chi connectivity index (χ3v) is 4.41. The summed E-state index contributed by atoms with van der Waals surface area (Å²) in [5.74, 6) is 3.04. The van der Waals surface area contributed by atoms with Crippen LogP contribution in [0.15, 0.2) is 71.1 Å². The molecule has 0 saturated carbocycles. The first-order valence-corrected chi connectivity index (χ1v) is 9.07. The van der Waals surface area contributed by atoms with E-state index in [1.165, 1.54) is 0 Å². The highest BCUT2D eigenvalue weighted by Crippen LogP contribution is 2.30. The van der Waals surface area contributed by atoms with Crippen molar-refractivity contribution in [3.05, 3.63) is 72.5 Å². The van der Waals surface area contributed by atoms with E-state index in [-0.39, 0.29) is 12.0 Å². The number of aryl methyl sites for hydroxylation is 1. The summed E-state index contributed by atoms with van der Waals surface area (Å²) in [7, 11) is 0. The molecule has 27 heavy (non-hydrogen) atoms. The van der Waals surface area contributed by atoms with Gasteiger partial charge in [0.15, 0.2) is 11.5 Å². The van der Waals surface area contributed by atoms with Gasteiger partial charge in [-0.3, -0.25) is 4.79 Å². The molecule has 1 N–H and O–H groups in total. The Bertz CT molecular complexity index is 903. The first-order chi connectivity index (χ1) is 13.3. The van der Waals surface area contributed by atoms with Gasteiger partial charge in [0.2, 0.25) is 5.91 Å². The minimum Gasteiger partial charge on any atom is -0.486 e. The van der Waals surface area contributed by atoms with E-state index >= 15 is 0 Å². The number of hydrogen-bond donors (Lipinski definition) is 1. The van der Waals surface area contributed by atoms with Crippen molar-refractivity contribution in [3.8, 4) is 22.8 Å². The Kier molecular flexibility index (Phi) is 5.10. The van der Waals surface area contributed by atoms with Gasteiger partial charge in [0.05, 0.1) is 6.54 Å². The maximum absolute atomic E-state index is 12.1. The van der Waals surface area contributed by atoms with Crippen LogP contribution in [-0.4, -0.2) is 25.2 Å². The molecule has 2 heterocycles. The molecule has 5 heteroatoms. The molecule has 1 atom stereocenters. The Balaban J connectivity index is 1.23. The highest BCUT2D eigenvalue weighted by molar-refractivity contribution is 5.76. The van der Waals surface area contributed by atoms with E-state index in [0.717, 1.165) is 22.8 Å². The minimum atomic E-state index is -0.183. The van der Waals surface area contributed by atoms with E-state index in [0.29, 0.717) is 31.7 Å². The van der Waals surface area contributed by atoms with Crippen LogP contribution in [0.5, 0.6) is 11.5 Å². The van der Waals surface area contributed by atoms with Crippen molar-refractivity contribution >= 4 is 5.91 Å². The smallest absolute Gasteiger partial charge is 0.220 e. The van der Waals surface area contributed by atoms with Crippen LogP contribution in [0, 0.1) is 0 Å². The van der Waals surface area contributed by atoms with Gasteiger partial charge in [-0.25, -0.2) is 0 Å². The number of amides is 1. The second-order valence-corrected chi connectivity index (χ2v) is 6.43. The van der Waals surface area contributed by atoms with Crippen LogP contribution >= 0.6 is 0 Å². The normalized spacial score (nSPS) is 15.3. The summed E-state index contributed by atoms with van der Waals surface area (Å²) in [5.41, 5.74) is 1.03. The van der Waals surface area contributed by atoms with Gasteiger partial charge in [0.1, 0.15) is 24.2 Å². The Morgan fingerprint density at radius 2 is 1.74 bits per heavy atom. The van der Waals surface area contributed by atoms with Crippen molar-refractivity contribution in [2.24, 2.45) is 0 Å². The van der Waals surface area contributed by atoms with Crippen LogP contribution in [0.25, 0.3) is 11.3 Å². The predicted molar refractivity (Wildman–Crippen MR) is 102 cm³/mol. The highest BCUT2D eigenvalue weighted by Gasteiger charge is 2.21. The Morgan fingerprint density at radius 1 is 0.963 bits per heavy atom. The van der Waals surface area contributed by atoms with Gasteiger partial charge in [-0.2, -0.15) is 0 Å². The second-order valence-electron chi connectivity index (χ2n) is 6.43. The molecule has 0 aliphatic carbocycles. The fourth-order valence-electron chi connectivity index (χ4n) is 2.99. The molecule has 3 aromatic rings. The molecule has 5 nitrogen and oxygen atoms in total. The lowest BCUT2D eigenvalue weighted by Crippen LogP contribution is -2.40. The zero-order valence-corrected chi connectivity index (χ0v) is 14.9. The lowest BCUT2D eigenvalue weighted by molar-refractivity contribution is -0.121. The number of carbonyl (C=O) groups is 1. The Hall–Kier alpha value is -3.21. The molecule has 1 unspecified atom stereocenters. The summed E-state index contributed by atoms with van der Waals surface area (Å²) in [6, 6.07) is 21.3. The summed E-state index contributed by atoms with van der Waals surface area (Å²) in [4.78, 5) is 12.1. The summed E-state index contributed by atoms with van der Waals surface area (Å²) in [6.45, 7) is 0.844. The minimum absolute atomic E-state index is 0.0323. The van der Waals surface area contributed by atoms with E-state index in [2.05, 4.69) is 5.32 Å². The number of fused-ring (bicyclic) bond motifs is 1. The molecule has 0 spiro atoms. The topological polar surface area (TPSA) is 60.7 Å². The van der Waals surface area contributed by atoms with Gasteiger partial charge >= 0.3 is 0 Å². The summed E-state index contributed by atoms with van der Waals surface area (Å²) < 4.78 is 17.3. The van der Waals surface area contributed by atoms with Crippen molar-refractivity contribution in [2.45, 2.75) is 18.9 Å². The largest absolute Gasteiger partial charge is 0.486 e. The lowest BCUT2D eigenvalue weighted by Gasteiger charge is -2.26. The van der Waals surface area contributed by atoms with E-state index < -0.39 is 0 Å². The second kappa shape index (κ2) is 7.99. The summed E-state index contributed by atoms with van der Waals surface area (Å²) in [5, 5.41) is 2.91. The quantitative estimate of drug-likeness (QED) is 0.723. The fourth-order valence-corrected chi connectivity index (χ4v) is 2.99. The lowest BCUT2D eigenvalue weighted by atomic mass is 10.2. The molecular formula is C22H21NO4. The molecule has 2 aromatic carbocycles. The van der Waals surface area contributed by atoms with Crippen molar-refractivity contribution in [3.63, 3.8) is 0 Å². The van der Waals surface area contributed by atoms with Crippen molar-refractivity contribution in [1.82, 2.24) is 5.32 Å². The van der Waals surface area contributed by atoms with Gasteiger partial charge in [-0.15, -0.1) is 0 Å². The standard InChI is InChI=1S/C22H21NO4/c24-22(23-14-18-15-25-20-8-4-5-9-21(20)27-18)13-11-17-10-12-19(26-17)16-6-2-1-3-7-16/h1-10,12,18H,11,13-15H2,(H,23,24). The van der Waals surface area contributed by atoms with Crippen LogP contribution in [0.1, 0.15) is 12.2 Å². The van der Waals surface area contributed by atoms with Crippen molar-refractivity contribution in [2.75, 3.05) is 13.2 Å².